The molecule has 0 radical (unpaired) electrons. The van der Waals surface area contributed by atoms with Crippen LogP contribution in [0.25, 0.3) is 0 Å². The summed E-state index contributed by atoms with van der Waals surface area (Å²) in [6.45, 7) is 3.14. The van der Waals surface area contributed by atoms with Gasteiger partial charge in [-0.2, -0.15) is 0 Å². The predicted molar refractivity (Wildman–Crippen MR) is 63.0 cm³/mol. The Morgan fingerprint density at radius 1 is 1.33 bits per heavy atom. The minimum Gasteiger partial charge on any atom is -0.462 e. The molecule has 0 aliphatic heterocycles. The molecule has 0 atom stereocenters. The third-order valence-electron chi connectivity index (χ3n) is 2.25. The summed E-state index contributed by atoms with van der Waals surface area (Å²) in [5.41, 5.74) is 1.11. The lowest BCUT2D eigenvalue weighted by atomic mass is 10.1. The average Bonchev–Trinajstić information content (AvgIpc) is 2.36. The number of hydrogen-bond acceptors (Lipinski definition) is 6. The molecule has 0 heterocycles. The molecular formula is C12H13NO5. The van der Waals surface area contributed by atoms with E-state index in [2.05, 4.69) is 9.89 Å². The molecule has 6 heteroatoms. The molecule has 1 aromatic rings. The van der Waals surface area contributed by atoms with E-state index in [-0.39, 0.29) is 11.5 Å². The summed E-state index contributed by atoms with van der Waals surface area (Å²) in [6, 6.07) is 4.77. The number of hydrogen-bond donors (Lipinski definition) is 1. The maximum atomic E-state index is 11.2. The van der Waals surface area contributed by atoms with Crippen LogP contribution < -0.4 is 4.74 Å². The monoisotopic (exact) mass is 251 g/mol. The highest BCUT2D eigenvalue weighted by molar-refractivity contribution is 6.33. The van der Waals surface area contributed by atoms with E-state index in [1.807, 2.05) is 0 Å². The molecule has 1 aromatic carbocycles. The molecule has 0 saturated carbocycles. The number of ketones is 1. The zero-order valence-electron chi connectivity index (χ0n) is 10.3. The molecule has 18 heavy (non-hydrogen) atoms. The van der Waals surface area contributed by atoms with Crippen LogP contribution in [0.4, 0.5) is 0 Å². The number of nitrogens with zero attached hydrogens (tertiary/aromatic N) is 1. The molecule has 0 aliphatic rings. The molecule has 0 bridgehead atoms. The fourth-order valence-electron chi connectivity index (χ4n) is 1.22. The van der Waals surface area contributed by atoms with Gasteiger partial charge in [0.15, 0.2) is 5.78 Å². The van der Waals surface area contributed by atoms with Gasteiger partial charge in [0.05, 0.1) is 7.11 Å². The van der Waals surface area contributed by atoms with E-state index in [0.717, 1.165) is 7.11 Å². The van der Waals surface area contributed by atoms with Crippen molar-refractivity contribution in [2.45, 2.75) is 13.8 Å². The van der Waals surface area contributed by atoms with Gasteiger partial charge in [-0.1, -0.05) is 12.1 Å². The molecule has 0 spiro atoms. The first kappa shape index (κ1) is 13.7. The van der Waals surface area contributed by atoms with Gasteiger partial charge in [-0.05, 0) is 30.6 Å². The Kier molecular flexibility index (Phi) is 4.42. The SMILES string of the molecule is COC(=O)/C(=N\O)Oc1cc(C(C)=O)ccc1C. The Labute approximate surface area is 104 Å². The van der Waals surface area contributed by atoms with Gasteiger partial charge in [0.2, 0.25) is 0 Å². The summed E-state index contributed by atoms with van der Waals surface area (Å²) in [5, 5.41) is 11.4. The van der Waals surface area contributed by atoms with Gasteiger partial charge < -0.3 is 14.7 Å². The molecule has 0 fully saturated rings. The van der Waals surface area contributed by atoms with Crippen molar-refractivity contribution >= 4 is 17.7 Å². The molecule has 96 valence electrons. The number of carbonyl (C=O) groups is 2. The third kappa shape index (κ3) is 3.07. The quantitative estimate of drug-likeness (QED) is 0.215. The highest BCUT2D eigenvalue weighted by atomic mass is 16.6. The van der Waals surface area contributed by atoms with E-state index in [0.29, 0.717) is 11.1 Å². The standard InChI is InChI=1S/C12H13NO5/c1-7-4-5-9(8(2)14)6-10(7)18-11(13-16)12(15)17-3/h4-6,16H,1-3H3/b13-11+. The van der Waals surface area contributed by atoms with E-state index >= 15 is 0 Å². The fourth-order valence-corrected chi connectivity index (χ4v) is 1.22. The number of oxime groups is 1. The van der Waals surface area contributed by atoms with Crippen molar-refractivity contribution in [2.24, 2.45) is 5.16 Å². The largest absolute Gasteiger partial charge is 0.462 e. The Morgan fingerprint density at radius 2 is 2.00 bits per heavy atom. The Balaban J connectivity index is 3.06. The van der Waals surface area contributed by atoms with E-state index in [1.54, 1.807) is 19.1 Å². The number of esters is 1. The van der Waals surface area contributed by atoms with Crippen molar-refractivity contribution in [2.75, 3.05) is 7.11 Å². The summed E-state index contributed by atoms with van der Waals surface area (Å²) >= 11 is 0. The van der Waals surface area contributed by atoms with Crippen molar-refractivity contribution in [3.63, 3.8) is 0 Å². The maximum absolute atomic E-state index is 11.2. The first-order valence-corrected chi connectivity index (χ1v) is 5.09. The molecule has 1 N–H and O–H groups in total. The van der Waals surface area contributed by atoms with Crippen molar-refractivity contribution in [3.8, 4) is 5.75 Å². The Morgan fingerprint density at radius 3 is 2.50 bits per heavy atom. The highest BCUT2D eigenvalue weighted by Gasteiger charge is 2.17. The smallest absolute Gasteiger partial charge is 0.397 e. The maximum Gasteiger partial charge on any atom is 0.397 e. The lowest BCUT2D eigenvalue weighted by Gasteiger charge is -2.09. The van der Waals surface area contributed by atoms with E-state index in [9.17, 15) is 9.59 Å². The van der Waals surface area contributed by atoms with Crippen molar-refractivity contribution in [3.05, 3.63) is 29.3 Å². The molecule has 1 rings (SSSR count). The van der Waals surface area contributed by atoms with Crippen LogP contribution in [0.2, 0.25) is 0 Å². The van der Waals surface area contributed by atoms with Crippen LogP contribution in [0.5, 0.6) is 5.75 Å². The zero-order valence-corrected chi connectivity index (χ0v) is 10.3. The topological polar surface area (TPSA) is 85.2 Å². The first-order valence-electron chi connectivity index (χ1n) is 5.09. The normalized spacial score (nSPS) is 10.9. The highest BCUT2D eigenvalue weighted by Crippen LogP contribution is 2.20. The molecule has 0 aliphatic carbocycles. The van der Waals surface area contributed by atoms with Gasteiger partial charge >= 0.3 is 11.9 Å². The van der Waals surface area contributed by atoms with Gasteiger partial charge in [-0.25, -0.2) is 4.79 Å². The van der Waals surface area contributed by atoms with E-state index in [1.165, 1.54) is 13.0 Å². The lowest BCUT2D eigenvalue weighted by Crippen LogP contribution is -2.22. The molecule has 0 amide bonds. The van der Waals surface area contributed by atoms with E-state index in [4.69, 9.17) is 9.94 Å². The van der Waals surface area contributed by atoms with Crippen LogP contribution >= 0.6 is 0 Å². The van der Waals surface area contributed by atoms with Gasteiger partial charge in [0, 0.05) is 5.56 Å². The number of ether oxygens (including phenoxy) is 2. The number of methoxy groups -OCH3 is 1. The van der Waals surface area contributed by atoms with Crippen molar-refractivity contribution < 1.29 is 24.3 Å². The van der Waals surface area contributed by atoms with Gasteiger partial charge in [-0.15, -0.1) is 0 Å². The van der Waals surface area contributed by atoms with Crippen molar-refractivity contribution in [1.82, 2.24) is 0 Å². The van der Waals surface area contributed by atoms with Crippen LogP contribution in [0.15, 0.2) is 23.4 Å². The first-order chi connectivity index (χ1) is 8.49. The van der Waals surface area contributed by atoms with Gasteiger partial charge in [0.1, 0.15) is 5.75 Å². The van der Waals surface area contributed by atoms with E-state index < -0.39 is 11.9 Å². The number of Topliss-reactive ketones (excluding diaryl/α,β-unsaturated/α-hetero) is 1. The number of benzene rings is 1. The summed E-state index contributed by atoms with van der Waals surface area (Å²) < 4.78 is 9.48. The summed E-state index contributed by atoms with van der Waals surface area (Å²) in [7, 11) is 1.13. The fraction of sp³-hybridized carbons (Fsp3) is 0.250. The molecule has 0 saturated heterocycles. The predicted octanol–water partition coefficient (Wildman–Crippen LogP) is 1.54. The van der Waals surface area contributed by atoms with Gasteiger partial charge in [0.25, 0.3) is 0 Å². The van der Waals surface area contributed by atoms with Crippen LogP contribution in [0, 0.1) is 6.92 Å². The average molecular weight is 251 g/mol. The summed E-state index contributed by atoms with van der Waals surface area (Å²) in [4.78, 5) is 22.4. The molecule has 0 aromatic heterocycles. The summed E-state index contributed by atoms with van der Waals surface area (Å²) in [6.07, 6.45) is 0. The second-order valence-corrected chi connectivity index (χ2v) is 3.54. The van der Waals surface area contributed by atoms with Crippen LogP contribution in [-0.4, -0.2) is 30.0 Å². The van der Waals surface area contributed by atoms with Gasteiger partial charge in [-0.3, -0.25) is 4.79 Å². The number of carbonyl (C=O) groups excluding carboxylic acids is 2. The van der Waals surface area contributed by atoms with Crippen LogP contribution in [0.3, 0.4) is 0 Å². The zero-order chi connectivity index (χ0) is 13.7. The van der Waals surface area contributed by atoms with Crippen LogP contribution in [0.1, 0.15) is 22.8 Å². The van der Waals surface area contributed by atoms with Crippen molar-refractivity contribution in [1.29, 1.82) is 0 Å². The second-order valence-electron chi connectivity index (χ2n) is 3.54. The minimum atomic E-state index is -0.912. The third-order valence-corrected chi connectivity index (χ3v) is 2.25. The second kappa shape index (κ2) is 5.81. The molecule has 0 unspecified atom stereocenters. The summed E-state index contributed by atoms with van der Waals surface area (Å²) in [5.74, 6) is -1.40. The lowest BCUT2D eigenvalue weighted by molar-refractivity contribution is -0.134. The number of rotatable bonds is 2. The molecular weight excluding hydrogens is 238 g/mol. The Bertz CT molecular complexity index is 507. The Hall–Kier alpha value is -2.37. The van der Waals surface area contributed by atoms with Crippen LogP contribution in [-0.2, 0) is 9.53 Å². The minimum absolute atomic E-state index is 0.139. The number of aryl methyl sites for hydroxylation is 1. The molecule has 6 nitrogen and oxygen atoms in total.